The summed E-state index contributed by atoms with van der Waals surface area (Å²) in [6.07, 6.45) is 1.31. The van der Waals surface area contributed by atoms with Gasteiger partial charge in [0, 0.05) is 0 Å². The fourth-order valence-electron chi connectivity index (χ4n) is 1.93. The Kier molecular flexibility index (Phi) is 3.08. The Hall–Kier alpha value is -2.47. The summed E-state index contributed by atoms with van der Waals surface area (Å²) in [4.78, 5) is 12.1. The van der Waals surface area contributed by atoms with Crippen LogP contribution >= 0.6 is 11.3 Å². The number of carboxylic acid groups (broad SMARTS) is 1. The highest BCUT2D eigenvalue weighted by molar-refractivity contribution is 7.13. The maximum atomic E-state index is 13.0. The lowest BCUT2D eigenvalue weighted by molar-refractivity contribution is 0.0698. The van der Waals surface area contributed by atoms with Crippen LogP contribution in [-0.4, -0.2) is 20.9 Å². The van der Waals surface area contributed by atoms with Crippen LogP contribution in [0.2, 0.25) is 0 Å². The van der Waals surface area contributed by atoms with Gasteiger partial charge in [-0.1, -0.05) is 6.07 Å². The van der Waals surface area contributed by atoms with Crippen molar-refractivity contribution >= 4 is 17.3 Å². The van der Waals surface area contributed by atoms with Gasteiger partial charge in [-0.05, 0) is 35.7 Å². The number of rotatable bonds is 3. The van der Waals surface area contributed by atoms with Crippen LogP contribution in [0.4, 0.5) is 4.39 Å². The van der Waals surface area contributed by atoms with Gasteiger partial charge in [-0.15, -0.1) is 11.3 Å². The first kappa shape index (κ1) is 12.6. The molecule has 1 N–H and O–H groups in total. The van der Waals surface area contributed by atoms with E-state index < -0.39 is 5.97 Å². The smallest absolute Gasteiger partial charge is 0.339 e. The van der Waals surface area contributed by atoms with Crippen LogP contribution in [0.3, 0.4) is 0 Å². The molecule has 0 saturated carbocycles. The Morgan fingerprint density at radius 3 is 2.60 bits per heavy atom. The molecule has 0 aliphatic carbocycles. The molecule has 2 heterocycles. The highest BCUT2D eigenvalue weighted by atomic mass is 32.1. The molecule has 100 valence electrons. The lowest BCUT2D eigenvalue weighted by Gasteiger charge is -2.07. The number of carboxylic acids is 1. The van der Waals surface area contributed by atoms with Gasteiger partial charge in [0.25, 0.3) is 0 Å². The first-order chi connectivity index (χ1) is 9.66. The van der Waals surface area contributed by atoms with Crippen molar-refractivity contribution in [2.75, 3.05) is 0 Å². The minimum Gasteiger partial charge on any atom is -0.478 e. The summed E-state index contributed by atoms with van der Waals surface area (Å²) in [6.45, 7) is 0. The number of carbonyl (C=O) groups is 1. The van der Waals surface area contributed by atoms with Gasteiger partial charge in [0.15, 0.2) is 0 Å². The molecule has 20 heavy (non-hydrogen) atoms. The lowest BCUT2D eigenvalue weighted by atomic mass is 10.2. The predicted molar refractivity (Wildman–Crippen MR) is 73.8 cm³/mol. The first-order valence-corrected chi connectivity index (χ1v) is 6.66. The normalized spacial score (nSPS) is 10.7. The van der Waals surface area contributed by atoms with E-state index in [2.05, 4.69) is 5.10 Å². The van der Waals surface area contributed by atoms with Gasteiger partial charge in [-0.3, -0.25) is 0 Å². The second kappa shape index (κ2) is 4.90. The summed E-state index contributed by atoms with van der Waals surface area (Å²) >= 11 is 1.43. The minimum absolute atomic E-state index is 0.122. The van der Waals surface area contributed by atoms with E-state index in [0.717, 1.165) is 4.88 Å². The van der Waals surface area contributed by atoms with Crippen molar-refractivity contribution in [2.45, 2.75) is 0 Å². The molecule has 0 amide bonds. The van der Waals surface area contributed by atoms with E-state index in [0.29, 0.717) is 11.4 Å². The van der Waals surface area contributed by atoms with E-state index in [1.54, 1.807) is 12.1 Å². The predicted octanol–water partition coefficient (Wildman–Crippen LogP) is 3.44. The quantitative estimate of drug-likeness (QED) is 0.803. The number of hydrogen-bond acceptors (Lipinski definition) is 3. The molecule has 3 aromatic rings. The summed E-state index contributed by atoms with van der Waals surface area (Å²) in [5.74, 6) is -1.39. The second-order valence-corrected chi connectivity index (χ2v) is 5.03. The fourth-order valence-corrected chi connectivity index (χ4v) is 2.70. The van der Waals surface area contributed by atoms with Crippen molar-refractivity contribution in [3.05, 3.63) is 59.4 Å². The Morgan fingerprint density at radius 2 is 2.00 bits per heavy atom. The fraction of sp³-hybridized carbons (Fsp3) is 0. The van der Waals surface area contributed by atoms with Gasteiger partial charge < -0.3 is 5.11 Å². The molecule has 0 unspecified atom stereocenters. The highest BCUT2D eigenvalue weighted by Crippen LogP contribution is 2.30. The summed E-state index contributed by atoms with van der Waals surface area (Å²) in [5.41, 5.74) is 1.23. The number of halogens is 1. The van der Waals surface area contributed by atoms with Gasteiger partial charge in [0.2, 0.25) is 0 Å². The van der Waals surface area contributed by atoms with E-state index in [4.69, 9.17) is 0 Å². The van der Waals surface area contributed by atoms with Crippen molar-refractivity contribution in [1.82, 2.24) is 9.78 Å². The summed E-state index contributed by atoms with van der Waals surface area (Å²) in [7, 11) is 0. The molecule has 0 atom stereocenters. The number of hydrogen-bond donors (Lipinski definition) is 1. The van der Waals surface area contributed by atoms with Crippen molar-refractivity contribution in [3.8, 4) is 16.3 Å². The van der Waals surface area contributed by atoms with Gasteiger partial charge in [-0.2, -0.15) is 5.10 Å². The van der Waals surface area contributed by atoms with E-state index in [9.17, 15) is 14.3 Å². The first-order valence-electron chi connectivity index (χ1n) is 5.78. The SMILES string of the molecule is O=C(O)c1cnn(-c2ccc(F)cc2)c1-c1cccs1. The van der Waals surface area contributed by atoms with Crippen LogP contribution in [0.25, 0.3) is 16.3 Å². The maximum absolute atomic E-state index is 13.0. The van der Waals surface area contributed by atoms with Crippen LogP contribution in [0, 0.1) is 5.82 Å². The number of benzene rings is 1. The van der Waals surface area contributed by atoms with Gasteiger partial charge in [0.05, 0.1) is 22.5 Å². The number of aromatic carboxylic acids is 1. The van der Waals surface area contributed by atoms with Gasteiger partial charge >= 0.3 is 5.97 Å². The molecule has 0 saturated heterocycles. The molecule has 0 spiro atoms. The van der Waals surface area contributed by atoms with Crippen LogP contribution in [0.5, 0.6) is 0 Å². The minimum atomic E-state index is -1.04. The molecular weight excluding hydrogens is 279 g/mol. The van der Waals surface area contributed by atoms with Crippen LogP contribution in [0.1, 0.15) is 10.4 Å². The average Bonchev–Trinajstić information content (AvgIpc) is 3.08. The maximum Gasteiger partial charge on any atom is 0.339 e. The molecule has 3 rings (SSSR count). The molecule has 2 aromatic heterocycles. The van der Waals surface area contributed by atoms with Crippen molar-refractivity contribution in [3.63, 3.8) is 0 Å². The molecule has 0 radical (unpaired) electrons. The molecule has 6 heteroatoms. The van der Waals surface area contributed by atoms with E-state index in [1.165, 1.54) is 34.3 Å². The van der Waals surface area contributed by atoms with Crippen molar-refractivity contribution < 1.29 is 14.3 Å². The molecule has 0 aliphatic heterocycles. The third-order valence-corrected chi connectivity index (χ3v) is 3.70. The van der Waals surface area contributed by atoms with Crippen LogP contribution in [0.15, 0.2) is 48.0 Å². The zero-order valence-electron chi connectivity index (χ0n) is 10.2. The van der Waals surface area contributed by atoms with Crippen molar-refractivity contribution in [1.29, 1.82) is 0 Å². The molecule has 0 fully saturated rings. The zero-order chi connectivity index (χ0) is 14.1. The van der Waals surface area contributed by atoms with Gasteiger partial charge in [-0.25, -0.2) is 13.9 Å². The van der Waals surface area contributed by atoms with E-state index >= 15 is 0 Å². The largest absolute Gasteiger partial charge is 0.478 e. The van der Waals surface area contributed by atoms with Crippen molar-refractivity contribution in [2.24, 2.45) is 0 Å². The standard InChI is InChI=1S/C14H9FN2O2S/c15-9-3-5-10(6-4-9)17-13(12-2-1-7-20-12)11(8-16-17)14(18)19/h1-8H,(H,18,19). The monoisotopic (exact) mass is 288 g/mol. The van der Waals surface area contributed by atoms with Crippen LogP contribution < -0.4 is 0 Å². The Labute approximate surface area is 117 Å². The van der Waals surface area contributed by atoms with Gasteiger partial charge in [0.1, 0.15) is 11.4 Å². The Balaban J connectivity index is 2.21. The van der Waals surface area contributed by atoms with Crippen LogP contribution in [-0.2, 0) is 0 Å². The highest BCUT2D eigenvalue weighted by Gasteiger charge is 2.19. The third kappa shape index (κ3) is 2.10. The number of aromatic nitrogens is 2. The molecule has 0 bridgehead atoms. The lowest BCUT2D eigenvalue weighted by Crippen LogP contribution is -2.02. The summed E-state index contributed by atoms with van der Waals surface area (Å²) in [5, 5.41) is 15.2. The Bertz CT molecular complexity index is 748. The van der Waals surface area contributed by atoms with E-state index in [1.807, 2.05) is 17.5 Å². The molecule has 4 nitrogen and oxygen atoms in total. The molecule has 1 aromatic carbocycles. The second-order valence-electron chi connectivity index (χ2n) is 4.08. The summed E-state index contributed by atoms with van der Waals surface area (Å²) < 4.78 is 14.5. The topological polar surface area (TPSA) is 55.1 Å². The third-order valence-electron chi connectivity index (χ3n) is 2.83. The molecule has 0 aliphatic rings. The van der Waals surface area contributed by atoms with E-state index in [-0.39, 0.29) is 11.4 Å². The summed E-state index contributed by atoms with van der Waals surface area (Å²) in [6, 6.07) is 9.42. The Morgan fingerprint density at radius 1 is 1.25 bits per heavy atom. The average molecular weight is 288 g/mol. The number of nitrogens with zero attached hydrogens (tertiary/aromatic N) is 2. The molecular formula is C14H9FN2O2S. The number of thiophene rings is 1. The zero-order valence-corrected chi connectivity index (χ0v) is 11.0.